The zero-order valence-corrected chi connectivity index (χ0v) is 18.6. The van der Waals surface area contributed by atoms with Gasteiger partial charge < -0.3 is 20.1 Å². The number of carbonyl (C=O) groups is 3. The number of nitrogens with one attached hydrogen (secondary N) is 2. The van der Waals surface area contributed by atoms with Crippen molar-refractivity contribution in [2.45, 2.75) is 40.5 Å². The van der Waals surface area contributed by atoms with E-state index in [2.05, 4.69) is 10.6 Å². The van der Waals surface area contributed by atoms with Gasteiger partial charge in [-0.3, -0.25) is 9.59 Å². The molecule has 0 atom stereocenters. The summed E-state index contributed by atoms with van der Waals surface area (Å²) in [5.74, 6) is -0.665. The zero-order valence-electron chi connectivity index (χ0n) is 17.8. The number of rotatable bonds is 10. The molecule has 2 amide bonds. The highest BCUT2D eigenvalue weighted by Crippen LogP contribution is 2.34. The molecule has 0 radical (unpaired) electrons. The molecule has 0 fully saturated rings. The number of hydrogen-bond donors (Lipinski definition) is 2. The summed E-state index contributed by atoms with van der Waals surface area (Å²) >= 11 is 1.06. The smallest absolute Gasteiger partial charge is 0.341 e. The number of carbonyl (C=O) groups excluding carboxylic acids is 3. The Morgan fingerprint density at radius 3 is 2.50 bits per heavy atom. The van der Waals surface area contributed by atoms with Gasteiger partial charge in [0.2, 0.25) is 0 Å². The Bertz CT molecular complexity index is 907. The maximum atomic E-state index is 12.5. The first-order chi connectivity index (χ1) is 14.4. The maximum absolute atomic E-state index is 12.5. The molecule has 0 saturated heterocycles. The van der Waals surface area contributed by atoms with Gasteiger partial charge in [-0.1, -0.05) is 31.5 Å². The number of ether oxygens (including phenoxy) is 2. The second-order valence-corrected chi connectivity index (χ2v) is 7.71. The fourth-order valence-electron chi connectivity index (χ4n) is 2.75. The average molecular weight is 433 g/mol. The molecule has 8 heteroatoms. The van der Waals surface area contributed by atoms with Crippen molar-refractivity contribution < 1.29 is 23.9 Å². The highest BCUT2D eigenvalue weighted by molar-refractivity contribution is 7.18. The lowest BCUT2D eigenvalue weighted by Crippen LogP contribution is -2.24. The molecular formula is C22H28N2O5S. The van der Waals surface area contributed by atoms with E-state index in [-0.39, 0.29) is 29.7 Å². The fourth-order valence-corrected chi connectivity index (χ4v) is 3.88. The summed E-state index contributed by atoms with van der Waals surface area (Å²) in [5.41, 5.74) is 1.60. The van der Waals surface area contributed by atoms with Crippen LogP contribution < -0.4 is 15.4 Å². The molecule has 0 aliphatic carbocycles. The third-order valence-corrected chi connectivity index (χ3v) is 5.56. The molecular weight excluding hydrogens is 404 g/mol. The first-order valence-corrected chi connectivity index (χ1v) is 10.8. The van der Waals surface area contributed by atoms with Gasteiger partial charge in [-0.15, -0.1) is 11.3 Å². The van der Waals surface area contributed by atoms with Crippen molar-refractivity contribution in [3.05, 3.63) is 45.8 Å². The molecule has 162 valence electrons. The monoisotopic (exact) mass is 432 g/mol. The van der Waals surface area contributed by atoms with Crippen molar-refractivity contribution in [2.24, 2.45) is 0 Å². The van der Waals surface area contributed by atoms with Crippen LogP contribution in [-0.4, -0.2) is 37.5 Å². The SMILES string of the molecule is CCCCNC(=O)c1sc(NC(=O)COc2ccccc2C)c(C(=O)OCC)c1C. The minimum Gasteiger partial charge on any atom is -0.483 e. The summed E-state index contributed by atoms with van der Waals surface area (Å²) in [6.45, 7) is 7.82. The highest BCUT2D eigenvalue weighted by atomic mass is 32.1. The van der Waals surface area contributed by atoms with Gasteiger partial charge in [0.15, 0.2) is 6.61 Å². The largest absolute Gasteiger partial charge is 0.483 e. The second-order valence-electron chi connectivity index (χ2n) is 6.69. The fraction of sp³-hybridized carbons (Fsp3) is 0.409. The predicted molar refractivity (Wildman–Crippen MR) is 118 cm³/mol. The van der Waals surface area contributed by atoms with E-state index in [0.29, 0.717) is 22.7 Å². The van der Waals surface area contributed by atoms with Crippen LogP contribution in [0.15, 0.2) is 24.3 Å². The minimum absolute atomic E-state index is 0.190. The van der Waals surface area contributed by atoms with Gasteiger partial charge in [0, 0.05) is 6.54 Å². The molecule has 2 N–H and O–H groups in total. The average Bonchev–Trinajstić information content (AvgIpc) is 3.03. The molecule has 30 heavy (non-hydrogen) atoms. The Kier molecular flexibility index (Phi) is 8.86. The first kappa shape index (κ1) is 23.4. The normalized spacial score (nSPS) is 10.4. The number of amides is 2. The summed E-state index contributed by atoms with van der Waals surface area (Å²) in [6.07, 6.45) is 1.82. The summed E-state index contributed by atoms with van der Waals surface area (Å²) < 4.78 is 10.7. The summed E-state index contributed by atoms with van der Waals surface area (Å²) in [6, 6.07) is 7.37. The molecule has 2 aromatic rings. The van der Waals surface area contributed by atoms with Crippen molar-refractivity contribution in [2.75, 3.05) is 25.1 Å². The molecule has 0 bridgehead atoms. The van der Waals surface area contributed by atoms with Crippen molar-refractivity contribution in [3.63, 3.8) is 0 Å². The number of aryl methyl sites for hydroxylation is 1. The molecule has 0 aliphatic rings. The van der Waals surface area contributed by atoms with Crippen LogP contribution in [0.2, 0.25) is 0 Å². The number of anilines is 1. The molecule has 0 unspecified atom stereocenters. The number of esters is 1. The second kappa shape index (κ2) is 11.3. The van der Waals surface area contributed by atoms with E-state index in [1.54, 1.807) is 19.9 Å². The molecule has 1 aromatic heterocycles. The van der Waals surface area contributed by atoms with E-state index in [4.69, 9.17) is 9.47 Å². The van der Waals surface area contributed by atoms with Crippen LogP contribution in [-0.2, 0) is 9.53 Å². The van der Waals surface area contributed by atoms with E-state index >= 15 is 0 Å². The van der Waals surface area contributed by atoms with Crippen LogP contribution in [0.25, 0.3) is 0 Å². The highest BCUT2D eigenvalue weighted by Gasteiger charge is 2.26. The van der Waals surface area contributed by atoms with Gasteiger partial charge in [-0.2, -0.15) is 0 Å². The van der Waals surface area contributed by atoms with Gasteiger partial charge in [-0.25, -0.2) is 4.79 Å². The Morgan fingerprint density at radius 2 is 1.83 bits per heavy atom. The van der Waals surface area contributed by atoms with Gasteiger partial charge in [0.1, 0.15) is 10.8 Å². The predicted octanol–water partition coefficient (Wildman–Crippen LogP) is 4.09. The number of unbranched alkanes of at least 4 members (excludes halogenated alkanes) is 1. The molecule has 1 aromatic carbocycles. The van der Waals surface area contributed by atoms with Crippen LogP contribution in [0.4, 0.5) is 5.00 Å². The molecule has 2 rings (SSSR count). The summed E-state index contributed by atoms with van der Waals surface area (Å²) in [4.78, 5) is 37.8. The van der Waals surface area contributed by atoms with Gasteiger partial charge in [-0.05, 0) is 44.4 Å². The number of thiophene rings is 1. The lowest BCUT2D eigenvalue weighted by molar-refractivity contribution is -0.118. The molecule has 0 aliphatic heterocycles. The van der Waals surface area contributed by atoms with Crippen LogP contribution in [0.3, 0.4) is 0 Å². The van der Waals surface area contributed by atoms with E-state index < -0.39 is 11.9 Å². The van der Waals surface area contributed by atoms with E-state index in [1.807, 2.05) is 32.0 Å². The number of benzene rings is 1. The van der Waals surface area contributed by atoms with Crippen molar-refractivity contribution >= 4 is 34.1 Å². The third kappa shape index (κ3) is 6.06. The van der Waals surface area contributed by atoms with Gasteiger partial charge in [0.25, 0.3) is 11.8 Å². The molecule has 1 heterocycles. The lowest BCUT2D eigenvalue weighted by Gasteiger charge is -2.10. The van der Waals surface area contributed by atoms with Crippen molar-refractivity contribution in [1.29, 1.82) is 0 Å². The zero-order chi connectivity index (χ0) is 22.1. The molecule has 7 nitrogen and oxygen atoms in total. The van der Waals surface area contributed by atoms with E-state index in [9.17, 15) is 14.4 Å². The maximum Gasteiger partial charge on any atom is 0.341 e. The van der Waals surface area contributed by atoms with Crippen molar-refractivity contribution in [3.8, 4) is 5.75 Å². The third-order valence-electron chi connectivity index (χ3n) is 4.35. The number of para-hydroxylation sites is 1. The topological polar surface area (TPSA) is 93.7 Å². The van der Waals surface area contributed by atoms with E-state index in [0.717, 1.165) is 29.7 Å². The van der Waals surface area contributed by atoms with Crippen LogP contribution in [0.5, 0.6) is 5.75 Å². The van der Waals surface area contributed by atoms with Crippen LogP contribution in [0, 0.1) is 13.8 Å². The van der Waals surface area contributed by atoms with E-state index in [1.165, 1.54) is 0 Å². The van der Waals surface area contributed by atoms with Crippen LogP contribution in [0.1, 0.15) is 57.8 Å². The Balaban J connectivity index is 2.18. The number of hydrogen-bond acceptors (Lipinski definition) is 6. The Labute approximate surface area is 180 Å². The quantitative estimate of drug-likeness (QED) is 0.436. The first-order valence-electron chi connectivity index (χ1n) is 9.95. The molecule has 0 saturated carbocycles. The minimum atomic E-state index is -0.575. The Hall–Kier alpha value is -2.87. The summed E-state index contributed by atoms with van der Waals surface area (Å²) in [7, 11) is 0. The van der Waals surface area contributed by atoms with Crippen LogP contribution >= 0.6 is 11.3 Å². The Morgan fingerprint density at radius 1 is 1.10 bits per heavy atom. The lowest BCUT2D eigenvalue weighted by atomic mass is 10.1. The van der Waals surface area contributed by atoms with Gasteiger partial charge >= 0.3 is 5.97 Å². The standard InChI is InChI=1S/C22H28N2O5S/c1-5-7-12-23-20(26)19-15(4)18(22(27)28-6-2)21(30-19)24-17(25)13-29-16-11-9-8-10-14(16)3/h8-11H,5-7,12-13H2,1-4H3,(H,23,26)(H,24,25). The van der Waals surface area contributed by atoms with Gasteiger partial charge in [0.05, 0.1) is 17.0 Å². The van der Waals surface area contributed by atoms with Crippen molar-refractivity contribution in [1.82, 2.24) is 5.32 Å². The molecule has 0 spiro atoms. The summed E-state index contributed by atoms with van der Waals surface area (Å²) in [5, 5.41) is 5.82.